The van der Waals surface area contributed by atoms with Crippen LogP contribution >= 0.6 is 0 Å². The second-order valence-corrected chi connectivity index (χ2v) is 7.71. The third-order valence-electron chi connectivity index (χ3n) is 5.65. The van der Waals surface area contributed by atoms with Crippen LogP contribution in [0.4, 0.5) is 5.69 Å². The lowest BCUT2D eigenvalue weighted by Gasteiger charge is -2.27. The molecule has 1 fully saturated rings. The maximum atomic E-state index is 13.3. The molecule has 4 rings (SSSR count). The van der Waals surface area contributed by atoms with Crippen LogP contribution in [-0.2, 0) is 19.1 Å². The van der Waals surface area contributed by atoms with Crippen LogP contribution < -0.4 is 15.8 Å². The Bertz CT molecular complexity index is 984. The van der Waals surface area contributed by atoms with E-state index in [-0.39, 0.29) is 11.8 Å². The van der Waals surface area contributed by atoms with Crippen LogP contribution in [-0.4, -0.2) is 36.5 Å². The largest absolute Gasteiger partial charge is 0.368 e. The van der Waals surface area contributed by atoms with Crippen LogP contribution in [0.2, 0.25) is 0 Å². The molecule has 2 aromatic carbocycles. The van der Waals surface area contributed by atoms with Gasteiger partial charge in [0.15, 0.2) is 0 Å². The Kier molecular flexibility index (Phi) is 5.55. The molecule has 0 bridgehead atoms. The van der Waals surface area contributed by atoms with Crippen LogP contribution in [0.1, 0.15) is 38.2 Å². The fraction of sp³-hybridized carbons (Fsp3) is 0.348. The Balaban J connectivity index is 1.58. The highest BCUT2D eigenvalue weighted by Gasteiger charge is 2.33. The standard InChI is InChI=1S/C23H25N3O4/c1-14-16-8-3-4-9-17(16)18-10-5-6-11-19(18)26(23(14)29)25-21(27)15(2)24-22(28)20-12-7-13-30-20/h3-6,8-11,14-15,20H,7,12-13H2,1-2H3,(H,24,28)(H,25,27)/t14?,15-,20?/m0/s1. The SMILES string of the molecule is CC1C(=O)N(NC(=O)[C@H](C)NC(=O)C2CCCO2)c2ccccc2-c2ccccc21. The molecule has 2 heterocycles. The molecule has 0 saturated carbocycles. The number of carbonyl (C=O) groups is 3. The molecule has 3 atom stereocenters. The van der Waals surface area contributed by atoms with E-state index in [0.717, 1.165) is 23.1 Å². The second-order valence-electron chi connectivity index (χ2n) is 7.71. The molecular formula is C23H25N3O4. The van der Waals surface area contributed by atoms with Gasteiger partial charge in [-0.3, -0.25) is 19.8 Å². The van der Waals surface area contributed by atoms with Crippen molar-refractivity contribution in [2.45, 2.75) is 44.8 Å². The molecule has 3 amide bonds. The van der Waals surface area contributed by atoms with Crippen LogP contribution in [0.5, 0.6) is 0 Å². The molecule has 7 heteroatoms. The number of amides is 3. The van der Waals surface area contributed by atoms with Gasteiger partial charge in [-0.25, -0.2) is 5.01 Å². The lowest BCUT2D eigenvalue weighted by molar-refractivity contribution is -0.134. The zero-order chi connectivity index (χ0) is 21.3. The maximum Gasteiger partial charge on any atom is 0.261 e. The molecule has 2 unspecified atom stereocenters. The number of hydrogen-bond donors (Lipinski definition) is 2. The van der Waals surface area contributed by atoms with E-state index >= 15 is 0 Å². The van der Waals surface area contributed by atoms with Gasteiger partial charge in [0.05, 0.1) is 11.6 Å². The van der Waals surface area contributed by atoms with Gasteiger partial charge in [-0.2, -0.15) is 0 Å². The van der Waals surface area contributed by atoms with E-state index in [2.05, 4.69) is 10.7 Å². The number of nitrogens with zero attached hydrogens (tertiary/aromatic N) is 1. The molecule has 0 aromatic heterocycles. The summed E-state index contributed by atoms with van der Waals surface area (Å²) in [6.07, 6.45) is 0.958. The number of ether oxygens (including phenoxy) is 1. The average Bonchev–Trinajstić information content (AvgIpc) is 3.29. The van der Waals surface area contributed by atoms with E-state index in [4.69, 9.17) is 4.74 Å². The third kappa shape index (κ3) is 3.68. The highest BCUT2D eigenvalue weighted by Crippen LogP contribution is 2.39. The molecule has 2 aliphatic rings. The van der Waals surface area contributed by atoms with E-state index in [9.17, 15) is 14.4 Å². The van der Waals surface area contributed by atoms with Crippen molar-refractivity contribution in [3.63, 3.8) is 0 Å². The molecule has 1 saturated heterocycles. The quantitative estimate of drug-likeness (QED) is 0.815. The molecular weight excluding hydrogens is 382 g/mol. The van der Waals surface area contributed by atoms with Crippen molar-refractivity contribution in [1.29, 1.82) is 0 Å². The number of hydrazine groups is 1. The monoisotopic (exact) mass is 407 g/mol. The van der Waals surface area contributed by atoms with Crippen molar-refractivity contribution in [2.75, 3.05) is 11.6 Å². The first kappa shape index (κ1) is 20.1. The van der Waals surface area contributed by atoms with Gasteiger partial charge in [0.1, 0.15) is 12.1 Å². The van der Waals surface area contributed by atoms with Crippen molar-refractivity contribution in [1.82, 2.24) is 10.7 Å². The first-order valence-electron chi connectivity index (χ1n) is 10.2. The van der Waals surface area contributed by atoms with Gasteiger partial charge in [-0.15, -0.1) is 0 Å². The van der Waals surface area contributed by atoms with Gasteiger partial charge in [0, 0.05) is 12.2 Å². The van der Waals surface area contributed by atoms with Crippen molar-refractivity contribution in [2.24, 2.45) is 0 Å². The van der Waals surface area contributed by atoms with Crippen molar-refractivity contribution >= 4 is 23.4 Å². The molecule has 2 aromatic rings. The molecule has 0 aliphatic carbocycles. The summed E-state index contributed by atoms with van der Waals surface area (Å²) in [5.41, 5.74) is 6.05. The summed E-state index contributed by atoms with van der Waals surface area (Å²) in [7, 11) is 0. The van der Waals surface area contributed by atoms with E-state index < -0.39 is 24.0 Å². The Morgan fingerprint density at radius 2 is 1.80 bits per heavy atom. The van der Waals surface area contributed by atoms with Gasteiger partial charge >= 0.3 is 0 Å². The molecule has 2 aliphatic heterocycles. The molecule has 156 valence electrons. The Morgan fingerprint density at radius 1 is 1.10 bits per heavy atom. The summed E-state index contributed by atoms with van der Waals surface area (Å²) >= 11 is 0. The highest BCUT2D eigenvalue weighted by molar-refractivity contribution is 6.06. The second kappa shape index (κ2) is 8.28. The maximum absolute atomic E-state index is 13.3. The summed E-state index contributed by atoms with van der Waals surface area (Å²) in [6.45, 7) is 3.97. The Morgan fingerprint density at radius 3 is 2.53 bits per heavy atom. The van der Waals surface area contributed by atoms with E-state index in [1.807, 2.05) is 49.4 Å². The number of para-hydroxylation sites is 1. The molecule has 0 spiro atoms. The van der Waals surface area contributed by atoms with Gasteiger partial charge in [0.2, 0.25) is 5.91 Å². The number of hydrogen-bond acceptors (Lipinski definition) is 4. The van der Waals surface area contributed by atoms with Crippen LogP contribution in [0.25, 0.3) is 11.1 Å². The minimum absolute atomic E-state index is 0.238. The normalized spacial score (nSPS) is 21.3. The summed E-state index contributed by atoms with van der Waals surface area (Å²) in [6, 6.07) is 14.4. The van der Waals surface area contributed by atoms with Crippen molar-refractivity contribution in [3.8, 4) is 11.1 Å². The summed E-state index contributed by atoms with van der Waals surface area (Å²) in [5.74, 6) is -1.45. The van der Waals surface area contributed by atoms with Gasteiger partial charge in [-0.05, 0) is 43.9 Å². The summed E-state index contributed by atoms with van der Waals surface area (Å²) < 4.78 is 5.37. The predicted octanol–water partition coefficient (Wildman–Crippen LogP) is 2.52. The van der Waals surface area contributed by atoms with E-state index in [0.29, 0.717) is 18.7 Å². The number of carbonyl (C=O) groups excluding carboxylic acids is 3. The van der Waals surface area contributed by atoms with Gasteiger partial charge in [-0.1, -0.05) is 42.5 Å². The molecule has 2 N–H and O–H groups in total. The van der Waals surface area contributed by atoms with Crippen LogP contribution in [0.15, 0.2) is 48.5 Å². The van der Waals surface area contributed by atoms with Gasteiger partial charge < -0.3 is 10.1 Å². The van der Waals surface area contributed by atoms with Crippen molar-refractivity contribution in [3.05, 3.63) is 54.1 Å². The lowest BCUT2D eigenvalue weighted by atomic mass is 9.92. The fourth-order valence-electron chi connectivity index (χ4n) is 3.94. The Hall–Kier alpha value is -3.19. The van der Waals surface area contributed by atoms with E-state index in [1.165, 1.54) is 5.01 Å². The summed E-state index contributed by atoms with van der Waals surface area (Å²) in [4.78, 5) is 38.4. The Labute approximate surface area is 175 Å². The number of rotatable bonds is 4. The predicted molar refractivity (Wildman–Crippen MR) is 113 cm³/mol. The van der Waals surface area contributed by atoms with E-state index in [1.54, 1.807) is 13.0 Å². The number of fused-ring (bicyclic) bond motifs is 3. The molecule has 7 nitrogen and oxygen atoms in total. The average molecular weight is 407 g/mol. The molecule has 30 heavy (non-hydrogen) atoms. The summed E-state index contributed by atoms with van der Waals surface area (Å²) in [5, 5.41) is 3.98. The topological polar surface area (TPSA) is 87.7 Å². The fourth-order valence-corrected chi connectivity index (χ4v) is 3.94. The smallest absolute Gasteiger partial charge is 0.261 e. The zero-order valence-electron chi connectivity index (χ0n) is 17.1. The molecule has 0 radical (unpaired) electrons. The van der Waals surface area contributed by atoms with Crippen LogP contribution in [0, 0.1) is 0 Å². The minimum Gasteiger partial charge on any atom is -0.368 e. The number of benzene rings is 2. The first-order chi connectivity index (χ1) is 14.5. The van der Waals surface area contributed by atoms with Crippen molar-refractivity contribution < 1.29 is 19.1 Å². The number of anilines is 1. The lowest BCUT2D eigenvalue weighted by Crippen LogP contribution is -2.55. The van der Waals surface area contributed by atoms with Crippen LogP contribution in [0.3, 0.4) is 0 Å². The van der Waals surface area contributed by atoms with Gasteiger partial charge in [0.25, 0.3) is 11.8 Å². The third-order valence-corrected chi connectivity index (χ3v) is 5.65. The first-order valence-corrected chi connectivity index (χ1v) is 10.2. The number of nitrogens with one attached hydrogen (secondary N) is 2. The minimum atomic E-state index is -0.817. The highest BCUT2D eigenvalue weighted by atomic mass is 16.5. The zero-order valence-corrected chi connectivity index (χ0v) is 17.1.